The van der Waals surface area contributed by atoms with Gasteiger partial charge in [-0.2, -0.15) is 0 Å². The summed E-state index contributed by atoms with van der Waals surface area (Å²) in [6, 6.07) is 0. The fraction of sp³-hybridized carbons (Fsp3) is 0.833. The quantitative estimate of drug-likeness (QED) is 0.273. The Balaban J connectivity index is 3.52. The number of carbonyl (C=O) groups is 1. The Morgan fingerprint density at radius 3 is 2.22 bits per heavy atom. The summed E-state index contributed by atoms with van der Waals surface area (Å²) in [6.45, 7) is 1.89. The molecule has 0 aromatic heterocycles. The first kappa shape index (κ1) is 22.1. The molecule has 3 unspecified atom stereocenters. The highest BCUT2D eigenvalue weighted by Crippen LogP contribution is 2.11. The minimum atomic E-state index is -0.782. The predicted octanol–water partition coefficient (Wildman–Crippen LogP) is 3.02. The number of unbranched alkanes of at least 4 members (excludes halogenated alkanes) is 5. The molecule has 0 aromatic rings. The standard InChI is InChI=1S/C18H34O5/c1-2-15(19)13-14-17(21)16(20)11-9-7-5-3-4-6-8-10-12-18(22)23/h7,9,15-17,19-21H,2-6,8,10-14H2,1H3,(H,22,23)/b9-7-. The van der Waals surface area contributed by atoms with Gasteiger partial charge >= 0.3 is 5.97 Å². The maximum Gasteiger partial charge on any atom is 0.303 e. The van der Waals surface area contributed by atoms with E-state index in [1.165, 1.54) is 0 Å². The molecule has 23 heavy (non-hydrogen) atoms. The third-order valence-corrected chi connectivity index (χ3v) is 4.02. The van der Waals surface area contributed by atoms with Crippen LogP contribution in [0.1, 0.15) is 77.6 Å². The zero-order valence-corrected chi connectivity index (χ0v) is 14.4. The van der Waals surface area contributed by atoms with Crippen LogP contribution in [0.15, 0.2) is 12.2 Å². The van der Waals surface area contributed by atoms with Crippen LogP contribution >= 0.6 is 0 Å². The molecular formula is C18H34O5. The van der Waals surface area contributed by atoms with E-state index in [4.69, 9.17) is 5.11 Å². The Labute approximate surface area is 140 Å². The maximum atomic E-state index is 10.3. The second-order valence-electron chi connectivity index (χ2n) is 6.18. The molecule has 3 atom stereocenters. The van der Waals surface area contributed by atoms with Crippen molar-refractivity contribution in [2.75, 3.05) is 0 Å². The summed E-state index contributed by atoms with van der Waals surface area (Å²) in [7, 11) is 0. The summed E-state index contributed by atoms with van der Waals surface area (Å²) in [5, 5.41) is 37.5. The Morgan fingerprint density at radius 1 is 0.913 bits per heavy atom. The molecule has 0 aromatic carbocycles. The number of carboxylic acid groups (broad SMARTS) is 1. The second-order valence-corrected chi connectivity index (χ2v) is 6.18. The van der Waals surface area contributed by atoms with Gasteiger partial charge in [-0.05, 0) is 44.9 Å². The van der Waals surface area contributed by atoms with Gasteiger partial charge in [-0.3, -0.25) is 4.79 Å². The molecule has 5 heteroatoms. The van der Waals surface area contributed by atoms with Gasteiger partial charge in [0.2, 0.25) is 0 Å². The van der Waals surface area contributed by atoms with Crippen LogP contribution in [0, 0.1) is 0 Å². The van der Waals surface area contributed by atoms with Gasteiger partial charge in [-0.25, -0.2) is 0 Å². The summed E-state index contributed by atoms with van der Waals surface area (Å²) in [5.74, 6) is -0.724. The van der Waals surface area contributed by atoms with Crippen LogP contribution in [0.25, 0.3) is 0 Å². The number of carboxylic acids is 1. The molecule has 0 saturated heterocycles. The average molecular weight is 330 g/mol. The van der Waals surface area contributed by atoms with Crippen LogP contribution in [0.3, 0.4) is 0 Å². The summed E-state index contributed by atoms with van der Waals surface area (Å²) < 4.78 is 0. The molecule has 0 spiro atoms. The van der Waals surface area contributed by atoms with Crippen LogP contribution in [0.5, 0.6) is 0 Å². The molecule has 0 bridgehead atoms. The number of hydrogen-bond donors (Lipinski definition) is 4. The van der Waals surface area contributed by atoms with Gasteiger partial charge in [-0.15, -0.1) is 0 Å². The first-order valence-corrected chi connectivity index (χ1v) is 8.88. The molecule has 0 rings (SSSR count). The number of rotatable bonds is 15. The fourth-order valence-corrected chi connectivity index (χ4v) is 2.34. The van der Waals surface area contributed by atoms with Crippen molar-refractivity contribution in [1.29, 1.82) is 0 Å². The SMILES string of the molecule is CCC(O)CCC(O)C(O)C/C=C\CCCCCCCC(=O)O. The lowest BCUT2D eigenvalue weighted by atomic mass is 10.0. The van der Waals surface area contributed by atoms with Gasteiger partial charge in [0.05, 0.1) is 18.3 Å². The third-order valence-electron chi connectivity index (χ3n) is 4.02. The largest absolute Gasteiger partial charge is 0.481 e. The Bertz CT molecular complexity index is 317. The first-order valence-electron chi connectivity index (χ1n) is 8.88. The first-order chi connectivity index (χ1) is 11.0. The van der Waals surface area contributed by atoms with Crippen LogP contribution in [0.2, 0.25) is 0 Å². The van der Waals surface area contributed by atoms with Crippen molar-refractivity contribution in [2.45, 2.75) is 95.9 Å². The van der Waals surface area contributed by atoms with Crippen molar-refractivity contribution in [2.24, 2.45) is 0 Å². The minimum Gasteiger partial charge on any atom is -0.481 e. The van der Waals surface area contributed by atoms with Gasteiger partial charge in [0, 0.05) is 6.42 Å². The van der Waals surface area contributed by atoms with Crippen molar-refractivity contribution >= 4 is 5.97 Å². The van der Waals surface area contributed by atoms with Gasteiger partial charge in [-0.1, -0.05) is 38.3 Å². The highest BCUT2D eigenvalue weighted by molar-refractivity contribution is 5.66. The normalized spacial score (nSPS) is 15.7. The Hall–Kier alpha value is -0.910. The lowest BCUT2D eigenvalue weighted by Gasteiger charge is -2.17. The fourth-order valence-electron chi connectivity index (χ4n) is 2.34. The zero-order valence-electron chi connectivity index (χ0n) is 14.4. The predicted molar refractivity (Wildman–Crippen MR) is 91.3 cm³/mol. The van der Waals surface area contributed by atoms with Crippen LogP contribution in [0.4, 0.5) is 0 Å². The summed E-state index contributed by atoms with van der Waals surface area (Å²) >= 11 is 0. The monoisotopic (exact) mass is 330 g/mol. The molecule has 0 radical (unpaired) electrons. The van der Waals surface area contributed by atoms with Gasteiger partial charge < -0.3 is 20.4 Å². The van der Waals surface area contributed by atoms with E-state index in [2.05, 4.69) is 0 Å². The molecule has 136 valence electrons. The number of aliphatic hydroxyl groups excluding tert-OH is 3. The highest BCUT2D eigenvalue weighted by atomic mass is 16.4. The van der Waals surface area contributed by atoms with E-state index in [-0.39, 0.29) is 6.42 Å². The van der Waals surface area contributed by atoms with E-state index in [9.17, 15) is 20.1 Å². The summed E-state index contributed by atoms with van der Waals surface area (Å²) in [4.78, 5) is 10.3. The smallest absolute Gasteiger partial charge is 0.303 e. The minimum absolute atomic E-state index is 0.259. The molecule has 0 saturated carbocycles. The van der Waals surface area contributed by atoms with E-state index in [0.717, 1.165) is 38.5 Å². The van der Waals surface area contributed by atoms with Crippen LogP contribution in [-0.2, 0) is 4.79 Å². The Kier molecular flexibility index (Phi) is 14.1. The summed E-state index contributed by atoms with van der Waals surface area (Å²) in [5.41, 5.74) is 0. The molecular weight excluding hydrogens is 296 g/mol. The number of hydrogen-bond acceptors (Lipinski definition) is 4. The molecule has 0 aliphatic heterocycles. The molecule has 0 amide bonds. The average Bonchev–Trinajstić information content (AvgIpc) is 2.53. The van der Waals surface area contributed by atoms with Crippen molar-refractivity contribution < 1.29 is 25.2 Å². The number of allylic oxidation sites excluding steroid dienone is 1. The highest BCUT2D eigenvalue weighted by Gasteiger charge is 2.15. The maximum absolute atomic E-state index is 10.3. The molecule has 5 nitrogen and oxygen atoms in total. The van der Waals surface area contributed by atoms with Gasteiger partial charge in [0.1, 0.15) is 0 Å². The van der Waals surface area contributed by atoms with Crippen molar-refractivity contribution in [3.05, 3.63) is 12.2 Å². The molecule has 0 fully saturated rings. The van der Waals surface area contributed by atoms with E-state index in [0.29, 0.717) is 25.7 Å². The van der Waals surface area contributed by atoms with E-state index in [1.54, 1.807) is 0 Å². The van der Waals surface area contributed by atoms with Crippen molar-refractivity contribution in [3.8, 4) is 0 Å². The second kappa shape index (κ2) is 14.7. The topological polar surface area (TPSA) is 98.0 Å². The lowest BCUT2D eigenvalue weighted by molar-refractivity contribution is -0.137. The lowest BCUT2D eigenvalue weighted by Crippen LogP contribution is -2.26. The molecule has 0 heterocycles. The Morgan fingerprint density at radius 2 is 1.57 bits per heavy atom. The number of aliphatic hydroxyl groups is 3. The van der Waals surface area contributed by atoms with Gasteiger partial charge in [0.25, 0.3) is 0 Å². The molecule has 4 N–H and O–H groups in total. The van der Waals surface area contributed by atoms with Crippen molar-refractivity contribution in [3.63, 3.8) is 0 Å². The zero-order chi connectivity index (χ0) is 17.5. The third kappa shape index (κ3) is 14.4. The van der Waals surface area contributed by atoms with E-state index < -0.39 is 24.3 Å². The summed E-state index contributed by atoms with van der Waals surface area (Å²) in [6.07, 6.45) is 10.1. The number of aliphatic carboxylic acids is 1. The van der Waals surface area contributed by atoms with Crippen molar-refractivity contribution in [1.82, 2.24) is 0 Å². The molecule has 0 aliphatic rings. The van der Waals surface area contributed by atoms with Gasteiger partial charge in [0.15, 0.2) is 0 Å². The van der Waals surface area contributed by atoms with E-state index >= 15 is 0 Å². The molecule has 0 aliphatic carbocycles. The van der Waals surface area contributed by atoms with Crippen LogP contribution < -0.4 is 0 Å². The van der Waals surface area contributed by atoms with E-state index in [1.807, 2.05) is 19.1 Å². The van der Waals surface area contributed by atoms with Crippen LogP contribution in [-0.4, -0.2) is 44.7 Å².